The van der Waals surface area contributed by atoms with Crippen LogP contribution in [0.5, 0.6) is 0 Å². The van der Waals surface area contributed by atoms with Crippen LogP contribution in [0.25, 0.3) is 0 Å². The van der Waals surface area contributed by atoms with Crippen LogP contribution >= 0.6 is 0 Å². The van der Waals surface area contributed by atoms with Crippen LogP contribution in [0.1, 0.15) is 39.9 Å². The lowest BCUT2D eigenvalue weighted by atomic mass is 9.99. The van der Waals surface area contributed by atoms with Crippen molar-refractivity contribution in [3.05, 3.63) is 64.7 Å². The predicted molar refractivity (Wildman–Crippen MR) is 95.3 cm³/mol. The highest BCUT2D eigenvalue weighted by Gasteiger charge is 2.12. The van der Waals surface area contributed by atoms with Crippen LogP contribution in [0, 0.1) is 6.92 Å². The Morgan fingerprint density at radius 2 is 1.70 bits per heavy atom. The fraction of sp³-hybridized carbons (Fsp3) is 0.350. The molecule has 3 heteroatoms. The van der Waals surface area contributed by atoms with Gasteiger partial charge in [0.1, 0.15) is 0 Å². The first kappa shape index (κ1) is 15.6. The maximum Gasteiger partial charge on any atom is 0.251 e. The van der Waals surface area contributed by atoms with Crippen LogP contribution in [-0.4, -0.2) is 26.0 Å². The molecule has 1 heterocycles. The van der Waals surface area contributed by atoms with Crippen LogP contribution < -0.4 is 10.2 Å². The number of carbonyl (C=O) groups excluding carboxylic acids is 1. The van der Waals surface area contributed by atoms with Gasteiger partial charge >= 0.3 is 0 Å². The number of nitrogens with one attached hydrogen (secondary N) is 1. The summed E-state index contributed by atoms with van der Waals surface area (Å²) in [6.07, 6.45) is 3.45. The lowest BCUT2D eigenvalue weighted by molar-refractivity contribution is 0.0962. The van der Waals surface area contributed by atoms with E-state index < -0.39 is 0 Å². The molecule has 0 aliphatic carbocycles. The molecule has 0 bridgehead atoms. The van der Waals surface area contributed by atoms with Crippen LogP contribution in [-0.2, 0) is 6.42 Å². The van der Waals surface area contributed by atoms with E-state index in [9.17, 15) is 4.79 Å². The van der Waals surface area contributed by atoms with Crippen molar-refractivity contribution in [2.24, 2.45) is 0 Å². The maximum atomic E-state index is 11.9. The van der Waals surface area contributed by atoms with E-state index in [0.717, 1.165) is 17.5 Å². The highest BCUT2D eigenvalue weighted by Crippen LogP contribution is 2.22. The first-order valence-corrected chi connectivity index (χ1v) is 8.33. The van der Waals surface area contributed by atoms with E-state index in [4.69, 9.17) is 0 Å². The topological polar surface area (TPSA) is 32.3 Å². The summed E-state index contributed by atoms with van der Waals surface area (Å²) in [7, 11) is 1.67. The Balaban J connectivity index is 1.75. The fourth-order valence-corrected chi connectivity index (χ4v) is 3.19. The summed E-state index contributed by atoms with van der Waals surface area (Å²) in [5, 5.41) is 2.71. The number of hydrogen-bond acceptors (Lipinski definition) is 2. The van der Waals surface area contributed by atoms with Crippen molar-refractivity contribution >= 4 is 11.6 Å². The zero-order valence-electron chi connectivity index (χ0n) is 13.9. The molecule has 0 atom stereocenters. The molecule has 0 radical (unpaired) electrons. The van der Waals surface area contributed by atoms with Crippen LogP contribution in [0.3, 0.4) is 0 Å². The molecule has 120 valence electrons. The summed E-state index contributed by atoms with van der Waals surface area (Å²) in [6.45, 7) is 4.32. The highest BCUT2D eigenvalue weighted by atomic mass is 16.1. The van der Waals surface area contributed by atoms with E-state index >= 15 is 0 Å². The summed E-state index contributed by atoms with van der Waals surface area (Å²) in [4.78, 5) is 14.4. The summed E-state index contributed by atoms with van der Waals surface area (Å²) < 4.78 is 0. The maximum absolute atomic E-state index is 11.9. The molecule has 2 aromatic carbocycles. The Labute approximate surface area is 138 Å². The van der Waals surface area contributed by atoms with Gasteiger partial charge in [0.15, 0.2) is 0 Å². The first-order valence-electron chi connectivity index (χ1n) is 8.33. The average Bonchev–Trinajstić information content (AvgIpc) is 3.11. The predicted octanol–water partition coefficient (Wildman–Crippen LogP) is 3.55. The van der Waals surface area contributed by atoms with E-state index in [2.05, 4.69) is 40.5 Å². The lowest BCUT2D eigenvalue weighted by Gasteiger charge is -2.17. The lowest BCUT2D eigenvalue weighted by Crippen LogP contribution is -2.19. The van der Waals surface area contributed by atoms with Gasteiger partial charge in [-0.1, -0.05) is 24.3 Å². The van der Waals surface area contributed by atoms with Gasteiger partial charge in [-0.2, -0.15) is 0 Å². The molecule has 0 saturated carbocycles. The summed E-state index contributed by atoms with van der Waals surface area (Å²) >= 11 is 0. The monoisotopic (exact) mass is 308 g/mol. The van der Waals surface area contributed by atoms with Crippen molar-refractivity contribution in [1.82, 2.24) is 5.32 Å². The number of nitrogens with zero attached hydrogens (tertiary/aromatic N) is 1. The van der Waals surface area contributed by atoms with E-state index in [0.29, 0.717) is 0 Å². The van der Waals surface area contributed by atoms with Gasteiger partial charge < -0.3 is 10.2 Å². The standard InChI is InChI=1S/C20H24N2O/c1-15-5-6-17(14-19(15)20(23)21-2)13-16-7-9-18(10-8-16)22-11-3-4-12-22/h5-10,14H,3-4,11-13H2,1-2H3,(H,21,23). The minimum absolute atomic E-state index is 0.0197. The van der Waals surface area contributed by atoms with E-state index in [-0.39, 0.29) is 5.91 Å². The fourth-order valence-electron chi connectivity index (χ4n) is 3.19. The molecule has 1 N–H and O–H groups in total. The van der Waals surface area contributed by atoms with Crippen LogP contribution in [0.2, 0.25) is 0 Å². The Bertz CT molecular complexity index is 685. The summed E-state index contributed by atoms with van der Waals surface area (Å²) in [5.74, 6) is -0.0197. The number of carbonyl (C=O) groups is 1. The van der Waals surface area contributed by atoms with Crippen molar-refractivity contribution in [2.45, 2.75) is 26.2 Å². The van der Waals surface area contributed by atoms with Gasteiger partial charge in [0, 0.05) is 31.4 Å². The minimum atomic E-state index is -0.0197. The number of aryl methyl sites for hydroxylation is 1. The molecule has 0 spiro atoms. The van der Waals surface area contributed by atoms with Crippen molar-refractivity contribution in [1.29, 1.82) is 0 Å². The second-order valence-corrected chi connectivity index (χ2v) is 6.27. The van der Waals surface area contributed by atoms with E-state index in [1.54, 1.807) is 7.05 Å². The van der Waals surface area contributed by atoms with Crippen LogP contribution in [0.4, 0.5) is 5.69 Å². The number of benzene rings is 2. The van der Waals surface area contributed by atoms with E-state index in [1.807, 2.05) is 19.1 Å². The molecule has 23 heavy (non-hydrogen) atoms. The van der Waals surface area contributed by atoms with E-state index in [1.165, 1.54) is 42.7 Å². The molecule has 1 aliphatic heterocycles. The molecule has 2 aromatic rings. The Hall–Kier alpha value is -2.29. The van der Waals surface area contributed by atoms with Crippen molar-refractivity contribution in [2.75, 3.05) is 25.0 Å². The van der Waals surface area contributed by atoms with Crippen molar-refractivity contribution < 1.29 is 4.79 Å². The molecule has 0 unspecified atom stereocenters. The quantitative estimate of drug-likeness (QED) is 0.937. The second-order valence-electron chi connectivity index (χ2n) is 6.27. The van der Waals surface area contributed by atoms with Gasteiger partial charge in [-0.25, -0.2) is 0 Å². The zero-order valence-corrected chi connectivity index (χ0v) is 13.9. The molecule has 3 nitrogen and oxygen atoms in total. The third-order valence-electron chi connectivity index (χ3n) is 4.59. The number of rotatable bonds is 4. The van der Waals surface area contributed by atoms with Gasteiger partial charge in [0.05, 0.1) is 0 Å². The van der Waals surface area contributed by atoms with Crippen molar-refractivity contribution in [3.8, 4) is 0 Å². The molecular formula is C20H24N2O. The summed E-state index contributed by atoms with van der Waals surface area (Å²) in [5.41, 5.74) is 5.54. The molecule has 1 amide bonds. The third-order valence-corrected chi connectivity index (χ3v) is 4.59. The highest BCUT2D eigenvalue weighted by molar-refractivity contribution is 5.95. The largest absolute Gasteiger partial charge is 0.372 e. The SMILES string of the molecule is CNC(=O)c1cc(Cc2ccc(N3CCCC3)cc2)ccc1C. The molecule has 1 fully saturated rings. The molecule has 1 saturated heterocycles. The van der Waals surface area contributed by atoms with Gasteiger partial charge in [-0.05, 0) is 61.1 Å². The molecule has 1 aliphatic rings. The molecule has 3 rings (SSSR count). The van der Waals surface area contributed by atoms with Gasteiger partial charge in [0.2, 0.25) is 0 Å². The zero-order chi connectivity index (χ0) is 16.2. The number of hydrogen-bond donors (Lipinski definition) is 1. The van der Waals surface area contributed by atoms with Gasteiger partial charge in [-0.3, -0.25) is 4.79 Å². The Morgan fingerprint density at radius 1 is 1.04 bits per heavy atom. The number of amides is 1. The summed E-state index contributed by atoms with van der Waals surface area (Å²) in [6, 6.07) is 15.0. The smallest absolute Gasteiger partial charge is 0.251 e. The number of anilines is 1. The van der Waals surface area contributed by atoms with Crippen molar-refractivity contribution in [3.63, 3.8) is 0 Å². The average molecular weight is 308 g/mol. The third kappa shape index (κ3) is 3.55. The Morgan fingerprint density at radius 3 is 2.35 bits per heavy atom. The minimum Gasteiger partial charge on any atom is -0.372 e. The van der Waals surface area contributed by atoms with Gasteiger partial charge in [-0.15, -0.1) is 0 Å². The molecular weight excluding hydrogens is 284 g/mol. The second kappa shape index (κ2) is 6.86. The normalized spacial score (nSPS) is 14.1. The van der Waals surface area contributed by atoms with Gasteiger partial charge in [0.25, 0.3) is 5.91 Å². The van der Waals surface area contributed by atoms with Crippen LogP contribution in [0.15, 0.2) is 42.5 Å². The first-order chi connectivity index (χ1) is 11.2. The molecule has 0 aromatic heterocycles. The Kier molecular flexibility index (Phi) is 4.65.